The van der Waals surface area contributed by atoms with Crippen LogP contribution in [0.5, 0.6) is 5.75 Å². The zero-order valence-electron chi connectivity index (χ0n) is 13.0. The van der Waals surface area contributed by atoms with Crippen LogP contribution in [0.2, 0.25) is 0 Å². The first-order chi connectivity index (χ1) is 9.65. The molecular formula is C19H26O. The maximum atomic E-state index is 5.77. The molecule has 0 aliphatic heterocycles. The summed E-state index contributed by atoms with van der Waals surface area (Å²) in [5.41, 5.74) is 4.26. The van der Waals surface area contributed by atoms with E-state index in [4.69, 9.17) is 4.74 Å². The van der Waals surface area contributed by atoms with Crippen LogP contribution in [-0.4, -0.2) is 6.61 Å². The normalized spacial score (nSPS) is 15.1. The van der Waals surface area contributed by atoms with Gasteiger partial charge in [0.1, 0.15) is 12.4 Å². The molecule has 1 aromatic rings. The maximum absolute atomic E-state index is 5.77. The first-order valence-corrected chi connectivity index (χ1v) is 7.67. The summed E-state index contributed by atoms with van der Waals surface area (Å²) in [6.45, 7) is 7.14. The third kappa shape index (κ3) is 5.24. The Kier molecular flexibility index (Phi) is 5.46. The highest BCUT2D eigenvalue weighted by molar-refractivity contribution is 5.31. The van der Waals surface area contributed by atoms with Crippen molar-refractivity contribution < 1.29 is 4.74 Å². The number of hydrogen-bond donors (Lipinski definition) is 0. The molecule has 0 heterocycles. The van der Waals surface area contributed by atoms with Gasteiger partial charge in [0, 0.05) is 0 Å². The van der Waals surface area contributed by atoms with Gasteiger partial charge < -0.3 is 4.74 Å². The van der Waals surface area contributed by atoms with Gasteiger partial charge in [0.15, 0.2) is 0 Å². The van der Waals surface area contributed by atoms with Gasteiger partial charge in [-0.3, -0.25) is 0 Å². The van der Waals surface area contributed by atoms with E-state index in [0.717, 1.165) is 24.5 Å². The van der Waals surface area contributed by atoms with Gasteiger partial charge in [-0.05, 0) is 76.1 Å². The molecule has 1 nitrogen and oxygen atoms in total. The molecule has 0 N–H and O–H groups in total. The monoisotopic (exact) mass is 270 g/mol. The SMILES string of the molecule is CC(C)=CCCC(C)=CCOc1ccc(C2CC2)cc1. The minimum Gasteiger partial charge on any atom is -0.490 e. The van der Waals surface area contributed by atoms with Gasteiger partial charge >= 0.3 is 0 Å². The molecule has 1 fully saturated rings. The minimum atomic E-state index is 0.670. The molecule has 0 unspecified atom stereocenters. The molecular weight excluding hydrogens is 244 g/mol. The van der Waals surface area contributed by atoms with Crippen molar-refractivity contribution in [1.82, 2.24) is 0 Å². The Hall–Kier alpha value is -1.50. The van der Waals surface area contributed by atoms with Gasteiger partial charge in [0.05, 0.1) is 0 Å². The van der Waals surface area contributed by atoms with Crippen molar-refractivity contribution in [1.29, 1.82) is 0 Å². The lowest BCUT2D eigenvalue weighted by Crippen LogP contribution is -1.95. The van der Waals surface area contributed by atoms with Gasteiger partial charge in [0.2, 0.25) is 0 Å². The summed E-state index contributed by atoms with van der Waals surface area (Å²) in [5.74, 6) is 1.80. The summed E-state index contributed by atoms with van der Waals surface area (Å²) in [6.07, 6.45) is 9.43. The minimum absolute atomic E-state index is 0.670. The standard InChI is InChI=1S/C19H26O/c1-15(2)5-4-6-16(3)13-14-20-19-11-9-18(10-12-19)17-7-8-17/h5,9-13,17H,4,6-8,14H2,1-3H3. The molecule has 1 aliphatic carbocycles. The van der Waals surface area contributed by atoms with Crippen molar-refractivity contribution in [2.75, 3.05) is 6.61 Å². The lowest BCUT2D eigenvalue weighted by atomic mass is 10.1. The van der Waals surface area contributed by atoms with Crippen molar-refractivity contribution in [3.8, 4) is 5.75 Å². The van der Waals surface area contributed by atoms with Crippen molar-refractivity contribution in [3.63, 3.8) is 0 Å². The molecule has 0 bridgehead atoms. The van der Waals surface area contributed by atoms with Crippen molar-refractivity contribution in [2.45, 2.75) is 52.4 Å². The molecule has 20 heavy (non-hydrogen) atoms. The fourth-order valence-electron chi connectivity index (χ4n) is 2.22. The highest BCUT2D eigenvalue weighted by Crippen LogP contribution is 2.40. The summed E-state index contributed by atoms with van der Waals surface area (Å²) in [4.78, 5) is 0. The van der Waals surface area contributed by atoms with Crippen LogP contribution in [0, 0.1) is 0 Å². The van der Waals surface area contributed by atoms with E-state index < -0.39 is 0 Å². The summed E-state index contributed by atoms with van der Waals surface area (Å²) in [6, 6.07) is 8.61. The molecule has 0 amide bonds. The molecule has 0 saturated heterocycles. The highest BCUT2D eigenvalue weighted by Gasteiger charge is 2.22. The summed E-state index contributed by atoms with van der Waals surface area (Å²) >= 11 is 0. The van der Waals surface area contributed by atoms with Crippen LogP contribution >= 0.6 is 0 Å². The first kappa shape index (κ1) is 14.9. The van der Waals surface area contributed by atoms with Crippen molar-refractivity contribution in [3.05, 3.63) is 53.1 Å². The third-order valence-corrected chi connectivity index (χ3v) is 3.70. The fourth-order valence-corrected chi connectivity index (χ4v) is 2.22. The lowest BCUT2D eigenvalue weighted by Gasteiger charge is -2.05. The number of benzene rings is 1. The van der Waals surface area contributed by atoms with Crippen LogP contribution in [-0.2, 0) is 0 Å². The van der Waals surface area contributed by atoms with Crippen molar-refractivity contribution >= 4 is 0 Å². The van der Waals surface area contributed by atoms with Gasteiger partial charge in [0.25, 0.3) is 0 Å². The molecule has 1 aromatic carbocycles. The number of hydrogen-bond acceptors (Lipinski definition) is 1. The van der Waals surface area contributed by atoms with E-state index in [9.17, 15) is 0 Å². The third-order valence-electron chi connectivity index (χ3n) is 3.70. The average molecular weight is 270 g/mol. The summed E-state index contributed by atoms with van der Waals surface area (Å²) in [5, 5.41) is 0. The zero-order chi connectivity index (χ0) is 14.4. The number of rotatable bonds is 7. The first-order valence-electron chi connectivity index (χ1n) is 7.67. The van der Waals surface area contributed by atoms with Crippen LogP contribution in [0.3, 0.4) is 0 Å². The zero-order valence-corrected chi connectivity index (χ0v) is 13.0. The van der Waals surface area contributed by atoms with Gasteiger partial charge in [-0.15, -0.1) is 0 Å². The van der Waals surface area contributed by atoms with E-state index in [1.165, 1.54) is 29.6 Å². The van der Waals surface area contributed by atoms with Gasteiger partial charge in [-0.25, -0.2) is 0 Å². The van der Waals surface area contributed by atoms with Crippen LogP contribution in [0.25, 0.3) is 0 Å². The maximum Gasteiger partial charge on any atom is 0.119 e. The predicted octanol–water partition coefficient (Wildman–Crippen LogP) is 5.64. The Morgan fingerprint density at radius 3 is 2.40 bits per heavy atom. The molecule has 0 atom stereocenters. The molecule has 0 radical (unpaired) electrons. The molecule has 0 spiro atoms. The number of ether oxygens (including phenoxy) is 1. The fraction of sp³-hybridized carbons (Fsp3) is 0.474. The largest absolute Gasteiger partial charge is 0.490 e. The van der Waals surface area contributed by atoms with E-state index >= 15 is 0 Å². The smallest absolute Gasteiger partial charge is 0.119 e. The lowest BCUT2D eigenvalue weighted by molar-refractivity contribution is 0.361. The second kappa shape index (κ2) is 7.33. The van der Waals surface area contributed by atoms with Crippen molar-refractivity contribution in [2.24, 2.45) is 0 Å². The summed E-state index contributed by atoms with van der Waals surface area (Å²) in [7, 11) is 0. The quantitative estimate of drug-likeness (QED) is 0.583. The van der Waals surface area contributed by atoms with E-state index in [-0.39, 0.29) is 0 Å². The molecule has 108 valence electrons. The van der Waals surface area contributed by atoms with E-state index in [1.54, 1.807) is 0 Å². The van der Waals surface area contributed by atoms with E-state index in [2.05, 4.69) is 57.2 Å². The summed E-state index contributed by atoms with van der Waals surface area (Å²) < 4.78 is 5.77. The Bertz CT molecular complexity index is 471. The Labute approximate surface area is 123 Å². The predicted molar refractivity (Wildman–Crippen MR) is 86.3 cm³/mol. The Morgan fingerprint density at radius 2 is 1.80 bits per heavy atom. The molecule has 0 aromatic heterocycles. The molecule has 1 aliphatic rings. The van der Waals surface area contributed by atoms with Gasteiger partial charge in [-0.1, -0.05) is 29.4 Å². The Balaban J connectivity index is 1.72. The second-order valence-electron chi connectivity index (χ2n) is 6.02. The molecule has 1 saturated carbocycles. The van der Waals surface area contributed by atoms with Crippen LogP contribution in [0.1, 0.15) is 57.9 Å². The molecule has 2 rings (SSSR count). The number of allylic oxidation sites excluding steroid dienone is 3. The van der Waals surface area contributed by atoms with Crippen LogP contribution in [0.15, 0.2) is 47.6 Å². The van der Waals surface area contributed by atoms with Gasteiger partial charge in [-0.2, -0.15) is 0 Å². The average Bonchev–Trinajstić information content (AvgIpc) is 3.23. The molecule has 1 heteroatoms. The highest BCUT2D eigenvalue weighted by atomic mass is 16.5. The Morgan fingerprint density at radius 1 is 1.10 bits per heavy atom. The van der Waals surface area contributed by atoms with E-state index in [1.807, 2.05) is 0 Å². The second-order valence-corrected chi connectivity index (χ2v) is 6.02. The van der Waals surface area contributed by atoms with E-state index in [0.29, 0.717) is 6.61 Å². The van der Waals surface area contributed by atoms with Crippen LogP contribution < -0.4 is 4.74 Å². The van der Waals surface area contributed by atoms with Crippen LogP contribution in [0.4, 0.5) is 0 Å². The topological polar surface area (TPSA) is 9.23 Å².